The Bertz CT molecular complexity index is 903. The highest BCUT2D eigenvalue weighted by Crippen LogP contribution is 2.37. The second-order valence-corrected chi connectivity index (χ2v) is 5.77. The van der Waals surface area contributed by atoms with Gasteiger partial charge >= 0.3 is 5.69 Å². The lowest BCUT2D eigenvalue weighted by Gasteiger charge is -2.12. The van der Waals surface area contributed by atoms with Crippen molar-refractivity contribution in [3.05, 3.63) is 51.6 Å². The van der Waals surface area contributed by atoms with Crippen molar-refractivity contribution in [1.29, 1.82) is 0 Å². The van der Waals surface area contributed by atoms with E-state index in [0.717, 1.165) is 0 Å². The van der Waals surface area contributed by atoms with Gasteiger partial charge in [0.2, 0.25) is 5.75 Å². The first-order chi connectivity index (χ1) is 13.9. The maximum absolute atomic E-state index is 11.9. The first-order valence-electron chi connectivity index (χ1n) is 8.39. The molecule has 0 aliphatic carbocycles. The second kappa shape index (κ2) is 9.93. The third-order valence-electron chi connectivity index (χ3n) is 3.76. The number of amides is 1. The van der Waals surface area contributed by atoms with E-state index in [0.29, 0.717) is 28.4 Å². The third-order valence-corrected chi connectivity index (χ3v) is 3.76. The molecule has 154 valence electrons. The normalized spacial score (nSPS) is 10.5. The number of nitro groups is 1. The number of benzene rings is 2. The number of nitro benzene ring substituents is 1. The predicted molar refractivity (Wildman–Crippen MR) is 105 cm³/mol. The Morgan fingerprint density at radius 3 is 2.31 bits per heavy atom. The Morgan fingerprint density at radius 2 is 1.76 bits per heavy atom. The van der Waals surface area contributed by atoms with E-state index in [-0.39, 0.29) is 11.4 Å². The van der Waals surface area contributed by atoms with Crippen molar-refractivity contribution in [3.63, 3.8) is 0 Å². The van der Waals surface area contributed by atoms with E-state index < -0.39 is 17.4 Å². The number of nitrogens with zero attached hydrogens (tertiary/aromatic N) is 2. The lowest BCUT2D eigenvalue weighted by Crippen LogP contribution is -2.24. The van der Waals surface area contributed by atoms with Gasteiger partial charge in [-0.25, -0.2) is 5.43 Å². The van der Waals surface area contributed by atoms with Gasteiger partial charge in [0, 0.05) is 11.6 Å². The molecule has 10 nitrogen and oxygen atoms in total. The Labute approximate surface area is 167 Å². The Kier molecular flexibility index (Phi) is 7.35. The van der Waals surface area contributed by atoms with Gasteiger partial charge in [0.15, 0.2) is 23.9 Å². The van der Waals surface area contributed by atoms with Crippen LogP contribution in [0.15, 0.2) is 35.4 Å². The molecule has 0 fully saturated rings. The van der Waals surface area contributed by atoms with Crippen LogP contribution < -0.4 is 24.4 Å². The predicted octanol–water partition coefficient (Wildman–Crippen LogP) is 2.46. The fourth-order valence-electron chi connectivity index (χ4n) is 2.42. The minimum atomic E-state index is -0.580. The van der Waals surface area contributed by atoms with E-state index >= 15 is 0 Å². The molecule has 0 spiro atoms. The van der Waals surface area contributed by atoms with Gasteiger partial charge in [-0.05, 0) is 30.7 Å². The maximum atomic E-state index is 11.9. The van der Waals surface area contributed by atoms with Crippen LogP contribution in [0.1, 0.15) is 11.1 Å². The molecule has 0 radical (unpaired) electrons. The molecule has 0 aromatic heterocycles. The number of aryl methyl sites for hydroxylation is 1. The molecule has 0 heterocycles. The van der Waals surface area contributed by atoms with Gasteiger partial charge in [-0.3, -0.25) is 14.9 Å². The Morgan fingerprint density at radius 1 is 1.10 bits per heavy atom. The molecule has 0 bridgehead atoms. The van der Waals surface area contributed by atoms with Crippen molar-refractivity contribution in [2.75, 3.05) is 27.9 Å². The number of hydrogen-bond donors (Lipinski definition) is 1. The van der Waals surface area contributed by atoms with Crippen LogP contribution in [0.5, 0.6) is 23.0 Å². The second-order valence-electron chi connectivity index (χ2n) is 5.77. The van der Waals surface area contributed by atoms with Crippen LogP contribution in [0, 0.1) is 17.0 Å². The molecule has 0 saturated carbocycles. The Hall–Kier alpha value is -3.82. The zero-order valence-electron chi connectivity index (χ0n) is 16.4. The van der Waals surface area contributed by atoms with Gasteiger partial charge in [-0.1, -0.05) is 6.07 Å². The minimum Gasteiger partial charge on any atom is -0.493 e. The summed E-state index contributed by atoms with van der Waals surface area (Å²) in [5, 5.41) is 14.9. The molecule has 1 amide bonds. The quantitative estimate of drug-likeness (QED) is 0.388. The van der Waals surface area contributed by atoms with E-state index in [1.807, 2.05) is 0 Å². The molecule has 2 aromatic carbocycles. The number of hydrazone groups is 1. The Balaban J connectivity index is 2.01. The minimum absolute atomic E-state index is 0.00403. The van der Waals surface area contributed by atoms with Gasteiger partial charge in [0.05, 0.1) is 32.5 Å². The van der Waals surface area contributed by atoms with Gasteiger partial charge in [-0.2, -0.15) is 5.10 Å². The van der Waals surface area contributed by atoms with Gasteiger partial charge < -0.3 is 18.9 Å². The summed E-state index contributed by atoms with van der Waals surface area (Å²) in [4.78, 5) is 22.4. The van der Waals surface area contributed by atoms with Gasteiger partial charge in [-0.15, -0.1) is 0 Å². The number of carbonyl (C=O) groups is 1. The summed E-state index contributed by atoms with van der Waals surface area (Å²) in [6.07, 6.45) is 1.39. The SMILES string of the molecule is COc1cc(/C=N\NC(=O)COc2ccc(C)cc2[N+](=O)[O-])cc(OC)c1OC. The lowest BCUT2D eigenvalue weighted by atomic mass is 10.2. The molecule has 2 rings (SSSR count). The zero-order chi connectivity index (χ0) is 21.4. The van der Waals surface area contributed by atoms with Crippen molar-refractivity contribution in [2.45, 2.75) is 6.92 Å². The van der Waals surface area contributed by atoms with Crippen molar-refractivity contribution >= 4 is 17.8 Å². The van der Waals surface area contributed by atoms with E-state index in [1.165, 1.54) is 39.7 Å². The number of methoxy groups -OCH3 is 3. The average molecular weight is 403 g/mol. The number of nitrogens with one attached hydrogen (secondary N) is 1. The summed E-state index contributed by atoms with van der Waals surface area (Å²) >= 11 is 0. The summed E-state index contributed by atoms with van der Waals surface area (Å²) in [7, 11) is 4.47. The van der Waals surface area contributed by atoms with E-state index in [2.05, 4.69) is 10.5 Å². The number of rotatable bonds is 9. The number of carbonyl (C=O) groups excluding carboxylic acids is 1. The molecule has 0 aliphatic heterocycles. The van der Waals surface area contributed by atoms with Crippen molar-refractivity contribution < 1.29 is 28.7 Å². The fourth-order valence-corrected chi connectivity index (χ4v) is 2.42. The summed E-state index contributed by atoms with van der Waals surface area (Å²) in [6, 6.07) is 7.78. The summed E-state index contributed by atoms with van der Waals surface area (Å²) in [5.74, 6) is 0.737. The standard InChI is InChI=1S/C19H21N3O7/c1-12-5-6-15(14(7-12)22(24)25)29-11-18(23)21-20-10-13-8-16(26-2)19(28-4)17(9-13)27-3/h5-10H,11H2,1-4H3,(H,21,23)/b20-10-. The monoisotopic (exact) mass is 403 g/mol. The van der Waals surface area contributed by atoms with Crippen LogP contribution in [0.3, 0.4) is 0 Å². The molecule has 1 N–H and O–H groups in total. The van der Waals surface area contributed by atoms with E-state index in [9.17, 15) is 14.9 Å². The van der Waals surface area contributed by atoms with Gasteiger partial charge in [0.25, 0.3) is 5.91 Å². The van der Waals surface area contributed by atoms with Crippen molar-refractivity contribution in [1.82, 2.24) is 5.43 Å². The lowest BCUT2D eigenvalue weighted by molar-refractivity contribution is -0.385. The fraction of sp³-hybridized carbons (Fsp3) is 0.263. The molecule has 0 saturated heterocycles. The van der Waals surface area contributed by atoms with Gasteiger partial charge in [0.1, 0.15) is 0 Å². The molecule has 10 heteroatoms. The van der Waals surface area contributed by atoms with Crippen molar-refractivity contribution in [3.8, 4) is 23.0 Å². The third kappa shape index (κ3) is 5.58. The summed E-state index contributed by atoms with van der Waals surface area (Å²) in [6.45, 7) is 1.29. The van der Waals surface area contributed by atoms with Crippen LogP contribution in [0.2, 0.25) is 0 Å². The van der Waals surface area contributed by atoms with Crippen LogP contribution in [-0.2, 0) is 4.79 Å². The van der Waals surface area contributed by atoms with Crippen LogP contribution in [0.25, 0.3) is 0 Å². The van der Waals surface area contributed by atoms with Crippen molar-refractivity contribution in [2.24, 2.45) is 5.10 Å². The van der Waals surface area contributed by atoms with Crippen LogP contribution >= 0.6 is 0 Å². The highest BCUT2D eigenvalue weighted by atomic mass is 16.6. The largest absolute Gasteiger partial charge is 0.493 e. The van der Waals surface area contributed by atoms with Crippen LogP contribution in [-0.4, -0.2) is 45.0 Å². The number of ether oxygens (including phenoxy) is 4. The van der Waals surface area contributed by atoms with E-state index in [1.54, 1.807) is 25.1 Å². The highest BCUT2D eigenvalue weighted by molar-refractivity contribution is 5.84. The summed E-state index contributed by atoms with van der Waals surface area (Å²) < 4.78 is 21.0. The first-order valence-corrected chi connectivity index (χ1v) is 8.39. The maximum Gasteiger partial charge on any atom is 0.311 e. The smallest absolute Gasteiger partial charge is 0.311 e. The molecule has 29 heavy (non-hydrogen) atoms. The first kappa shape index (κ1) is 21.5. The topological polar surface area (TPSA) is 122 Å². The molecule has 0 unspecified atom stereocenters. The summed E-state index contributed by atoms with van der Waals surface area (Å²) in [5.41, 5.74) is 3.38. The molecule has 2 aromatic rings. The number of hydrogen-bond acceptors (Lipinski definition) is 8. The van der Waals surface area contributed by atoms with E-state index in [4.69, 9.17) is 18.9 Å². The molecule has 0 atom stereocenters. The molecule has 0 aliphatic rings. The highest BCUT2D eigenvalue weighted by Gasteiger charge is 2.16. The zero-order valence-corrected chi connectivity index (χ0v) is 16.4. The average Bonchev–Trinajstić information content (AvgIpc) is 2.71. The van der Waals surface area contributed by atoms with Crippen LogP contribution in [0.4, 0.5) is 5.69 Å². The molecular weight excluding hydrogens is 382 g/mol. The molecular formula is C19H21N3O7.